The molecule has 220 valence electrons. The molecule has 2 saturated heterocycles. The molecular weight excluding hydrogens is 516 g/mol. The van der Waals surface area contributed by atoms with Crippen LogP contribution in [-0.4, -0.2) is 96.0 Å². The number of aromatic amines is 1. The number of pyridine rings is 1. The number of carbonyl (C=O) groups excluding carboxylic acids is 2. The quantitative estimate of drug-likeness (QED) is 0.363. The first-order valence-corrected chi connectivity index (χ1v) is 14.7. The fourth-order valence-corrected chi connectivity index (χ4v) is 5.96. The fraction of sp³-hybridized carbons (Fsp3) is 0.516. The molecule has 10 nitrogen and oxygen atoms in total. The van der Waals surface area contributed by atoms with Crippen LogP contribution in [0.5, 0.6) is 0 Å². The molecule has 0 spiro atoms. The van der Waals surface area contributed by atoms with Crippen molar-refractivity contribution >= 4 is 46.2 Å². The second kappa shape index (κ2) is 12.0. The van der Waals surface area contributed by atoms with E-state index < -0.39 is 0 Å². The van der Waals surface area contributed by atoms with E-state index in [1.165, 1.54) is 0 Å². The number of H-pyrrole nitrogens is 1. The number of fused-ring (bicyclic) bond motifs is 1. The van der Waals surface area contributed by atoms with Crippen molar-refractivity contribution in [3.8, 4) is 0 Å². The van der Waals surface area contributed by atoms with E-state index in [0.717, 1.165) is 85.9 Å². The predicted molar refractivity (Wildman–Crippen MR) is 167 cm³/mol. The van der Waals surface area contributed by atoms with Crippen molar-refractivity contribution in [3.05, 3.63) is 42.6 Å². The van der Waals surface area contributed by atoms with E-state index in [4.69, 9.17) is 4.98 Å². The van der Waals surface area contributed by atoms with Crippen LogP contribution in [0.4, 0.5) is 27.8 Å². The summed E-state index contributed by atoms with van der Waals surface area (Å²) in [4.78, 5) is 42.0. The molecule has 0 bridgehead atoms. The molecule has 10 heteroatoms. The maximum absolute atomic E-state index is 12.8. The van der Waals surface area contributed by atoms with Gasteiger partial charge in [-0.2, -0.15) is 0 Å². The molecular formula is C31H44N8O2. The van der Waals surface area contributed by atoms with E-state index in [1.807, 2.05) is 35.4 Å². The van der Waals surface area contributed by atoms with Crippen molar-refractivity contribution in [2.75, 3.05) is 66.7 Å². The number of nitrogens with one attached hydrogen (secondary N) is 3. The predicted octanol–water partition coefficient (Wildman–Crippen LogP) is 4.62. The van der Waals surface area contributed by atoms with Crippen LogP contribution in [0.15, 0.2) is 42.6 Å². The third kappa shape index (κ3) is 6.59. The minimum atomic E-state index is -0.255. The Balaban J connectivity index is 1.29. The molecule has 2 aliphatic rings. The molecule has 41 heavy (non-hydrogen) atoms. The lowest BCUT2D eigenvalue weighted by Gasteiger charge is -2.43. The normalized spacial score (nSPS) is 20.2. The van der Waals surface area contributed by atoms with E-state index in [2.05, 4.69) is 77.2 Å². The van der Waals surface area contributed by atoms with Gasteiger partial charge in [-0.1, -0.05) is 0 Å². The Hall–Kier alpha value is -3.79. The molecule has 2 fully saturated rings. The first-order valence-electron chi connectivity index (χ1n) is 14.7. The largest absolute Gasteiger partial charge is 0.377 e. The highest BCUT2D eigenvalue weighted by atomic mass is 16.2. The van der Waals surface area contributed by atoms with Gasteiger partial charge in [0.2, 0.25) is 0 Å². The average Bonchev–Trinajstić information content (AvgIpc) is 3.37. The van der Waals surface area contributed by atoms with Gasteiger partial charge in [-0.3, -0.25) is 0 Å². The van der Waals surface area contributed by atoms with Gasteiger partial charge < -0.3 is 40.0 Å². The number of benzene rings is 1. The van der Waals surface area contributed by atoms with Crippen LogP contribution in [0, 0.1) is 0 Å². The van der Waals surface area contributed by atoms with Crippen LogP contribution >= 0.6 is 0 Å². The topological polar surface area (TPSA) is 99.8 Å². The number of aldehydes is 1. The highest BCUT2D eigenvalue weighted by Gasteiger charge is 2.33. The Bertz CT molecular complexity index is 1360. The van der Waals surface area contributed by atoms with Crippen LogP contribution in [0.2, 0.25) is 0 Å². The van der Waals surface area contributed by atoms with Gasteiger partial charge in [-0.25, -0.2) is 9.78 Å². The lowest BCUT2D eigenvalue weighted by atomic mass is 9.96. The third-order valence-corrected chi connectivity index (χ3v) is 8.08. The molecule has 4 heterocycles. The summed E-state index contributed by atoms with van der Waals surface area (Å²) in [5, 5.41) is 7.65. The van der Waals surface area contributed by atoms with E-state index >= 15 is 0 Å². The first kappa shape index (κ1) is 28.7. The molecule has 1 aromatic carbocycles. The Morgan fingerprint density at radius 1 is 1.15 bits per heavy atom. The summed E-state index contributed by atoms with van der Waals surface area (Å²) in [5.41, 5.74) is 2.67. The number of aromatic nitrogens is 2. The van der Waals surface area contributed by atoms with E-state index in [0.29, 0.717) is 6.42 Å². The highest BCUT2D eigenvalue weighted by Crippen LogP contribution is 2.34. The van der Waals surface area contributed by atoms with E-state index in [9.17, 15) is 9.59 Å². The molecule has 5 rings (SSSR count). The summed E-state index contributed by atoms with van der Waals surface area (Å²) in [6.45, 7) is 13.4. The summed E-state index contributed by atoms with van der Waals surface area (Å²) < 4.78 is 0. The van der Waals surface area contributed by atoms with Gasteiger partial charge in [0, 0.05) is 73.6 Å². The van der Waals surface area contributed by atoms with Crippen molar-refractivity contribution in [2.24, 2.45) is 0 Å². The summed E-state index contributed by atoms with van der Waals surface area (Å²) in [5.74, 6) is 1.86. The molecule has 2 amide bonds. The zero-order valence-corrected chi connectivity index (χ0v) is 25.0. The number of carbonyl (C=O) groups is 2. The minimum Gasteiger partial charge on any atom is -0.377 e. The molecule has 2 atom stereocenters. The molecule has 3 aromatic rings. The Morgan fingerprint density at radius 3 is 2.63 bits per heavy atom. The second-order valence-electron chi connectivity index (χ2n) is 12.3. The van der Waals surface area contributed by atoms with Crippen molar-refractivity contribution in [1.82, 2.24) is 19.8 Å². The van der Waals surface area contributed by atoms with Crippen LogP contribution in [0.1, 0.15) is 40.5 Å². The number of urea groups is 1. The summed E-state index contributed by atoms with van der Waals surface area (Å²) in [6, 6.07) is 11.9. The highest BCUT2D eigenvalue weighted by molar-refractivity contribution is 5.94. The van der Waals surface area contributed by atoms with Crippen LogP contribution in [-0.2, 0) is 4.79 Å². The SMILES string of the molecule is CCN(c1ncccc1NC(C)(C)C)C1CCN(c2cc3cc(NC(=O)N4CCN(C)CC4)ccc3[nH]2)C(C=O)C1. The first-order chi connectivity index (χ1) is 19.6. The van der Waals surface area contributed by atoms with Crippen LogP contribution in [0.3, 0.4) is 0 Å². The van der Waals surface area contributed by atoms with Crippen molar-refractivity contribution in [3.63, 3.8) is 0 Å². The second-order valence-corrected chi connectivity index (χ2v) is 12.3. The Kier molecular flexibility index (Phi) is 8.40. The molecule has 3 N–H and O–H groups in total. The number of rotatable bonds is 7. The molecule has 0 radical (unpaired) electrons. The maximum Gasteiger partial charge on any atom is 0.321 e. The van der Waals surface area contributed by atoms with Gasteiger partial charge in [0.1, 0.15) is 12.1 Å². The Labute approximate surface area is 243 Å². The van der Waals surface area contributed by atoms with Gasteiger partial charge in [0.25, 0.3) is 0 Å². The number of hydrogen-bond acceptors (Lipinski definition) is 7. The van der Waals surface area contributed by atoms with E-state index in [-0.39, 0.29) is 23.7 Å². The van der Waals surface area contributed by atoms with Gasteiger partial charge in [-0.05, 0) is 84.0 Å². The standard InChI is InChI=1S/C31H44N8O2/c1-6-38(29-27(8-7-12-32-29)35-31(2,3)4)24-11-13-39(25(20-24)21-40)28-19-22-18-23(9-10-26(22)34-28)33-30(41)37-16-14-36(5)15-17-37/h7-10,12,18-19,21,24-25,34-35H,6,11,13-17,20H2,1-5H3,(H,33,41). The molecule has 0 aliphatic carbocycles. The zero-order valence-electron chi connectivity index (χ0n) is 25.0. The number of nitrogens with zero attached hydrogens (tertiary/aromatic N) is 5. The summed E-state index contributed by atoms with van der Waals surface area (Å²) >= 11 is 0. The van der Waals surface area contributed by atoms with Gasteiger partial charge in [0.15, 0.2) is 5.82 Å². The maximum atomic E-state index is 12.8. The monoisotopic (exact) mass is 560 g/mol. The summed E-state index contributed by atoms with van der Waals surface area (Å²) in [6.07, 6.45) is 4.53. The number of amides is 2. The number of piperidine rings is 1. The molecule has 2 unspecified atom stereocenters. The van der Waals surface area contributed by atoms with Gasteiger partial charge >= 0.3 is 6.03 Å². The fourth-order valence-electron chi connectivity index (χ4n) is 5.96. The number of hydrogen-bond donors (Lipinski definition) is 3. The third-order valence-electron chi connectivity index (χ3n) is 8.08. The lowest BCUT2D eigenvalue weighted by molar-refractivity contribution is -0.109. The van der Waals surface area contributed by atoms with Crippen molar-refractivity contribution in [2.45, 2.75) is 58.2 Å². The molecule has 2 aliphatic heterocycles. The zero-order chi connectivity index (χ0) is 29.1. The van der Waals surface area contributed by atoms with E-state index in [1.54, 1.807) is 0 Å². The molecule has 0 saturated carbocycles. The minimum absolute atomic E-state index is 0.0643. The average molecular weight is 561 g/mol. The number of piperazine rings is 1. The van der Waals surface area contributed by atoms with Crippen molar-refractivity contribution < 1.29 is 9.59 Å². The van der Waals surface area contributed by atoms with Crippen molar-refractivity contribution in [1.29, 1.82) is 0 Å². The van der Waals surface area contributed by atoms with Gasteiger partial charge in [-0.15, -0.1) is 0 Å². The smallest absolute Gasteiger partial charge is 0.321 e. The number of likely N-dealkylation sites (N-methyl/N-ethyl adjacent to an activating group) is 1. The Morgan fingerprint density at radius 2 is 1.93 bits per heavy atom. The van der Waals surface area contributed by atoms with Gasteiger partial charge in [0.05, 0.1) is 11.7 Å². The summed E-state index contributed by atoms with van der Waals surface area (Å²) in [7, 11) is 2.08. The van der Waals surface area contributed by atoms with Crippen LogP contribution < -0.4 is 20.4 Å². The molecule has 2 aromatic heterocycles. The lowest BCUT2D eigenvalue weighted by Crippen LogP contribution is -2.51. The van der Waals surface area contributed by atoms with Crippen LogP contribution in [0.25, 0.3) is 10.9 Å². The number of anilines is 4.